The molecule has 4 rings (SSSR count). The molecular weight excluding hydrogens is 402 g/mol. The molecule has 2 amide bonds. The molecule has 0 spiro atoms. The number of piperidine rings is 2. The molecule has 0 aliphatic carbocycles. The van der Waals surface area contributed by atoms with Gasteiger partial charge in [0.25, 0.3) is 5.91 Å². The lowest BCUT2D eigenvalue weighted by atomic mass is 9.92. The van der Waals surface area contributed by atoms with Crippen LogP contribution < -0.4 is 10.2 Å². The van der Waals surface area contributed by atoms with Crippen molar-refractivity contribution in [3.63, 3.8) is 0 Å². The fourth-order valence-electron chi connectivity index (χ4n) is 4.94. The molecule has 7 heteroatoms. The van der Waals surface area contributed by atoms with Gasteiger partial charge in [-0.05, 0) is 63.6 Å². The van der Waals surface area contributed by atoms with Crippen molar-refractivity contribution in [2.45, 2.75) is 64.7 Å². The number of aromatic amines is 1. The first-order valence-electron chi connectivity index (χ1n) is 12.0. The maximum atomic E-state index is 13.0. The van der Waals surface area contributed by atoms with E-state index in [1.807, 2.05) is 30.0 Å². The van der Waals surface area contributed by atoms with Crippen molar-refractivity contribution in [1.29, 1.82) is 0 Å². The lowest BCUT2D eigenvalue weighted by molar-refractivity contribution is -0.116. The van der Waals surface area contributed by atoms with E-state index in [-0.39, 0.29) is 11.8 Å². The highest BCUT2D eigenvalue weighted by molar-refractivity contribution is 6.00. The number of benzene rings is 1. The quantitative estimate of drug-likeness (QED) is 0.699. The average molecular weight is 438 g/mol. The van der Waals surface area contributed by atoms with Gasteiger partial charge in [-0.1, -0.05) is 6.92 Å². The molecular formula is C25H35N5O2. The maximum absolute atomic E-state index is 13.0. The van der Waals surface area contributed by atoms with Crippen molar-refractivity contribution in [3.8, 4) is 0 Å². The third kappa shape index (κ3) is 4.97. The predicted molar refractivity (Wildman–Crippen MR) is 127 cm³/mol. The number of nitrogens with zero attached hydrogens (tertiary/aromatic N) is 3. The highest BCUT2D eigenvalue weighted by Crippen LogP contribution is 2.35. The molecule has 1 aromatic carbocycles. The van der Waals surface area contributed by atoms with E-state index in [0.29, 0.717) is 17.9 Å². The lowest BCUT2D eigenvalue weighted by Gasteiger charge is -2.35. The predicted octanol–water partition coefficient (Wildman–Crippen LogP) is 4.47. The van der Waals surface area contributed by atoms with Crippen LogP contribution in [0.4, 0.5) is 11.4 Å². The Balaban J connectivity index is 1.53. The van der Waals surface area contributed by atoms with Crippen LogP contribution in [0.25, 0.3) is 0 Å². The number of H-pyrrole nitrogens is 1. The van der Waals surface area contributed by atoms with Crippen LogP contribution in [0.15, 0.2) is 24.5 Å². The van der Waals surface area contributed by atoms with E-state index in [4.69, 9.17) is 0 Å². The molecule has 3 heterocycles. The first-order valence-corrected chi connectivity index (χ1v) is 12.0. The van der Waals surface area contributed by atoms with Gasteiger partial charge in [-0.25, -0.2) is 4.98 Å². The number of imidazole rings is 1. The minimum atomic E-state index is -0.00152. The number of hydrogen-bond donors (Lipinski definition) is 2. The molecule has 172 valence electrons. The number of carbonyl (C=O) groups excluding carboxylic acids is 2. The minimum Gasteiger partial charge on any atom is -0.370 e. The Kier molecular flexibility index (Phi) is 7.12. The van der Waals surface area contributed by atoms with Crippen molar-refractivity contribution < 1.29 is 9.59 Å². The summed E-state index contributed by atoms with van der Waals surface area (Å²) < 4.78 is 0. The first kappa shape index (κ1) is 22.4. The molecule has 0 unspecified atom stereocenters. The molecule has 1 aromatic heterocycles. The van der Waals surface area contributed by atoms with Gasteiger partial charge in [0.1, 0.15) is 0 Å². The number of aromatic nitrogens is 2. The highest BCUT2D eigenvalue weighted by atomic mass is 16.2. The summed E-state index contributed by atoms with van der Waals surface area (Å²) in [6, 6.07) is 5.81. The maximum Gasteiger partial charge on any atom is 0.253 e. The van der Waals surface area contributed by atoms with E-state index in [0.717, 1.165) is 75.4 Å². The molecule has 2 aromatic rings. The van der Waals surface area contributed by atoms with Gasteiger partial charge in [-0.15, -0.1) is 0 Å². The van der Waals surface area contributed by atoms with E-state index in [9.17, 15) is 9.59 Å². The zero-order chi connectivity index (χ0) is 22.5. The third-order valence-corrected chi connectivity index (χ3v) is 6.73. The summed E-state index contributed by atoms with van der Waals surface area (Å²) in [5.41, 5.74) is 4.73. The number of nitrogens with one attached hydrogen (secondary N) is 2. The normalized spacial score (nSPS) is 17.4. The fraction of sp³-hybridized carbons (Fsp3) is 0.560. The summed E-state index contributed by atoms with van der Waals surface area (Å²) in [6.45, 7) is 7.50. The lowest BCUT2D eigenvalue weighted by Crippen LogP contribution is -2.36. The van der Waals surface area contributed by atoms with Crippen molar-refractivity contribution in [1.82, 2.24) is 14.9 Å². The molecule has 7 nitrogen and oxygen atoms in total. The minimum absolute atomic E-state index is 0.00152. The molecule has 0 atom stereocenters. The summed E-state index contributed by atoms with van der Waals surface area (Å²) in [4.78, 5) is 37.5. The molecule has 0 radical (unpaired) electrons. The van der Waals surface area contributed by atoms with Gasteiger partial charge in [0, 0.05) is 49.8 Å². The van der Waals surface area contributed by atoms with Gasteiger partial charge in [0.15, 0.2) is 0 Å². The number of anilines is 2. The fourth-order valence-corrected chi connectivity index (χ4v) is 4.94. The Morgan fingerprint density at radius 3 is 2.53 bits per heavy atom. The van der Waals surface area contributed by atoms with Gasteiger partial charge in [-0.2, -0.15) is 0 Å². The second-order valence-electron chi connectivity index (χ2n) is 9.06. The zero-order valence-corrected chi connectivity index (χ0v) is 19.3. The van der Waals surface area contributed by atoms with E-state index < -0.39 is 0 Å². The summed E-state index contributed by atoms with van der Waals surface area (Å²) in [6.07, 6.45) is 8.39. The van der Waals surface area contributed by atoms with Gasteiger partial charge >= 0.3 is 0 Å². The Morgan fingerprint density at radius 1 is 1.12 bits per heavy atom. The first-order chi connectivity index (χ1) is 15.6. The van der Waals surface area contributed by atoms with Crippen LogP contribution in [0.5, 0.6) is 0 Å². The topological polar surface area (TPSA) is 81.3 Å². The molecule has 2 fully saturated rings. The van der Waals surface area contributed by atoms with Crippen LogP contribution in [0, 0.1) is 6.92 Å². The number of amides is 2. The number of carbonyl (C=O) groups is 2. The highest BCUT2D eigenvalue weighted by Gasteiger charge is 2.26. The zero-order valence-electron chi connectivity index (χ0n) is 19.3. The Labute approximate surface area is 190 Å². The summed E-state index contributed by atoms with van der Waals surface area (Å²) in [5.74, 6) is 0.517. The standard InChI is InChI=1S/C25H35N5O2/c1-3-7-23(31)28-21-16-20(25(32)30-12-5-4-6-13-30)8-9-22(21)29-14-10-19(11-15-29)24-18(2)26-17-27-24/h8-9,16-17,19H,3-7,10-15H2,1-2H3,(H,26,27)(H,28,31). The molecule has 2 aliphatic rings. The molecule has 2 aliphatic heterocycles. The van der Waals surface area contributed by atoms with Crippen molar-refractivity contribution in [3.05, 3.63) is 41.5 Å². The summed E-state index contributed by atoms with van der Waals surface area (Å²) in [7, 11) is 0. The molecule has 0 bridgehead atoms. The second-order valence-corrected chi connectivity index (χ2v) is 9.06. The Morgan fingerprint density at radius 2 is 1.88 bits per heavy atom. The number of aryl methyl sites for hydroxylation is 1. The third-order valence-electron chi connectivity index (χ3n) is 6.73. The van der Waals surface area contributed by atoms with Crippen LogP contribution in [-0.2, 0) is 4.79 Å². The number of likely N-dealkylation sites (tertiary alicyclic amines) is 1. The molecule has 32 heavy (non-hydrogen) atoms. The largest absolute Gasteiger partial charge is 0.370 e. The van der Waals surface area contributed by atoms with Crippen LogP contribution in [0.2, 0.25) is 0 Å². The van der Waals surface area contributed by atoms with E-state index in [1.165, 1.54) is 12.1 Å². The molecule has 2 saturated heterocycles. The van der Waals surface area contributed by atoms with Crippen molar-refractivity contribution in [2.75, 3.05) is 36.4 Å². The van der Waals surface area contributed by atoms with Crippen LogP contribution in [0.1, 0.15) is 79.5 Å². The Hall–Kier alpha value is -2.83. The van der Waals surface area contributed by atoms with Crippen molar-refractivity contribution >= 4 is 23.2 Å². The van der Waals surface area contributed by atoms with Gasteiger partial charge in [0.2, 0.25) is 5.91 Å². The molecule has 2 N–H and O–H groups in total. The van der Waals surface area contributed by atoms with Gasteiger partial charge < -0.3 is 20.1 Å². The van der Waals surface area contributed by atoms with Crippen LogP contribution in [-0.4, -0.2) is 52.9 Å². The summed E-state index contributed by atoms with van der Waals surface area (Å²) in [5, 5.41) is 3.09. The van der Waals surface area contributed by atoms with E-state index in [1.54, 1.807) is 6.33 Å². The van der Waals surface area contributed by atoms with E-state index in [2.05, 4.69) is 27.1 Å². The Bertz CT molecular complexity index is 940. The average Bonchev–Trinajstić information content (AvgIpc) is 3.25. The van der Waals surface area contributed by atoms with Crippen LogP contribution in [0.3, 0.4) is 0 Å². The smallest absolute Gasteiger partial charge is 0.253 e. The number of hydrogen-bond acceptors (Lipinski definition) is 4. The second kappa shape index (κ2) is 10.2. The monoisotopic (exact) mass is 437 g/mol. The van der Waals surface area contributed by atoms with Gasteiger partial charge in [-0.3, -0.25) is 9.59 Å². The van der Waals surface area contributed by atoms with Crippen molar-refractivity contribution in [2.24, 2.45) is 0 Å². The molecule has 0 saturated carbocycles. The number of rotatable bonds is 6. The van der Waals surface area contributed by atoms with E-state index >= 15 is 0 Å². The SMILES string of the molecule is CCCC(=O)Nc1cc(C(=O)N2CCCCC2)ccc1N1CCC(c2nc[nH]c2C)CC1. The van der Waals surface area contributed by atoms with Crippen LogP contribution >= 0.6 is 0 Å². The van der Waals surface area contributed by atoms with Gasteiger partial charge in [0.05, 0.1) is 23.4 Å². The summed E-state index contributed by atoms with van der Waals surface area (Å²) >= 11 is 0.